The Balaban J connectivity index is 0.000000213. The van der Waals surface area contributed by atoms with Crippen LogP contribution in [0, 0.1) is 180 Å². The average Bonchev–Trinajstić information content (AvgIpc) is 1.62. The van der Waals surface area contributed by atoms with E-state index in [1.165, 1.54) is 91.0 Å². The summed E-state index contributed by atoms with van der Waals surface area (Å²) in [7, 11) is 4.87. The fraction of sp³-hybridized carbons (Fsp3) is 0.150. The Bertz CT molecular complexity index is 7700. The molecule has 16 aromatic rings. The molecular weight excluding hydrogens is 2680 g/mol. The maximum absolute atomic E-state index is 15.2. The van der Waals surface area contributed by atoms with Crippen LogP contribution in [0.15, 0.2) is 223 Å². The van der Waals surface area contributed by atoms with Crippen molar-refractivity contribution in [1.82, 2.24) is 44.4 Å². The van der Waals surface area contributed by atoms with E-state index in [2.05, 4.69) is 96.1 Å². The number of esters is 4. The number of methoxy groups -OCH3 is 4. The van der Waals surface area contributed by atoms with Gasteiger partial charge in [0.1, 0.15) is 51.6 Å². The van der Waals surface area contributed by atoms with E-state index in [9.17, 15) is 47.5 Å². The van der Waals surface area contributed by atoms with E-state index < -0.39 is 82.5 Å². The smallest absolute Gasteiger partial charge is 0.408 e. The standard InChI is InChI=1S/C31H27ClFN3O5.2C26H19ClFN3O3.C23H15BrClFN2O3.CH4.3U/c1-18-8-6-10-23(32)26(18)28(37)36-25-16-19(9-7-15-34-30(39)41-31(2,3)4)11-13-22(25)27(35-36)21-14-12-20(17-24(21)33)29(38)40-5;2*1-15-5-3-7-20(27)23(15)25(32)31-22-13-16(6-4-12-29)8-10-19(22)24(30-31)18-11-9-17(14-21(18)28)26(33)34-2;1-12-4-3-5-17(25)20(12)22(29)28-19-11-14(24)7-9-16(19)21(27-28)15-8-6-13(10-18(15)26)23(30)31-2;;;;/h6,8,10-14,16-17H,15H2,1-5H3,(H,34,39);2*3,5,7-11,13-14H,12,29H2,1-2H3;3-11H,1-2H3;1H4;;;. The number of amides is 1. The van der Waals surface area contributed by atoms with Gasteiger partial charge in [0.15, 0.2) is 0 Å². The predicted molar refractivity (Wildman–Crippen MR) is 537 cm³/mol. The van der Waals surface area contributed by atoms with Crippen LogP contribution in [0.2, 0.25) is 20.1 Å². The van der Waals surface area contributed by atoms with E-state index in [-0.39, 0.29) is 208 Å². The number of carbonyl (C=O) groups excluding carboxylic acids is 9. The zero-order valence-electron chi connectivity index (χ0n) is 77.8. The molecule has 0 saturated heterocycles. The minimum atomic E-state index is -0.710. The third-order valence-corrected chi connectivity index (χ3v) is 23.2. The number of aromatic nitrogens is 8. The minimum absolute atomic E-state index is 0. The molecule has 0 fully saturated rings. The van der Waals surface area contributed by atoms with E-state index in [1.807, 2.05) is 0 Å². The number of rotatable bonds is 13. The number of halogens is 9. The van der Waals surface area contributed by atoms with Gasteiger partial charge in [0.05, 0.1) is 135 Å². The second kappa shape index (κ2) is 50.8. The number of alkyl carbamates (subject to hydrolysis) is 1. The van der Waals surface area contributed by atoms with Crippen molar-refractivity contribution in [2.24, 2.45) is 11.5 Å². The van der Waals surface area contributed by atoms with Crippen LogP contribution in [0.4, 0.5) is 22.4 Å². The second-order valence-electron chi connectivity index (χ2n) is 31.8. The van der Waals surface area contributed by atoms with Crippen molar-refractivity contribution in [1.29, 1.82) is 0 Å². The van der Waals surface area contributed by atoms with Gasteiger partial charge >= 0.3 is 30.0 Å². The molecule has 4 aromatic heterocycles. The molecule has 0 aliphatic carbocycles. The number of nitrogens with zero attached hydrogens (tertiary/aromatic N) is 8. The van der Waals surface area contributed by atoms with Gasteiger partial charge in [-0.05, 0) is 241 Å². The van der Waals surface area contributed by atoms with Crippen molar-refractivity contribution in [3.8, 4) is 80.6 Å². The molecule has 0 atom stereocenters. The Hall–Kier alpha value is -12.5. The molecule has 37 heteroatoms. The molecule has 144 heavy (non-hydrogen) atoms. The van der Waals surface area contributed by atoms with Crippen LogP contribution in [0.25, 0.3) is 88.6 Å². The van der Waals surface area contributed by atoms with E-state index in [4.69, 9.17) is 62.6 Å². The van der Waals surface area contributed by atoms with E-state index in [1.54, 1.807) is 194 Å². The van der Waals surface area contributed by atoms with Crippen molar-refractivity contribution < 1.29 is 178 Å². The molecule has 0 spiro atoms. The van der Waals surface area contributed by atoms with Crippen molar-refractivity contribution in [2.45, 2.75) is 61.5 Å². The number of carbonyl (C=O) groups is 9. The van der Waals surface area contributed by atoms with Gasteiger partial charge in [-0.1, -0.05) is 154 Å². The molecule has 12 aromatic carbocycles. The zero-order chi connectivity index (χ0) is 101. The normalized spacial score (nSPS) is 10.5. The van der Waals surface area contributed by atoms with Gasteiger partial charge in [-0.2, -0.15) is 39.1 Å². The molecule has 0 aliphatic heterocycles. The summed E-state index contributed by atoms with van der Waals surface area (Å²) in [6.45, 7) is 12.8. The largest absolute Gasteiger partial charge is 0.465 e. The van der Waals surface area contributed by atoms with Crippen LogP contribution in [0.3, 0.4) is 0 Å². The van der Waals surface area contributed by atoms with E-state index >= 15 is 13.2 Å². The number of hydrogen-bond donors (Lipinski definition) is 3. The zero-order valence-corrected chi connectivity index (χ0v) is 94.9. The SMILES string of the molecule is C.COC(=O)c1ccc(-c2nn(C(=O)c3c(C)cccc3Cl)c3cc(Br)ccc23)c(F)c1.COC(=O)c1ccc(-c2nn(C(=O)c3c(C)cccc3Cl)c3cc(C#CCN)ccc23)c(F)c1.COC(=O)c1ccc(-c2nn(C(=O)c3c(C)cccc3Cl)c3cc(C#CCN)ccc23)c(F)c1.COC(=O)c1ccc(-c2nn(C(=O)c3c(C)cccc3Cl)c3cc(C#CCNC(=O)OC(C)(C)C)ccc23)c(F)c1.[U].[U].[U]. The molecule has 0 unspecified atom stereocenters. The molecule has 5 N–H and O–H groups in total. The Morgan fingerprint density at radius 2 is 0.618 bits per heavy atom. The molecule has 0 aliphatic rings. The first-order chi connectivity index (χ1) is 66.9. The van der Waals surface area contributed by atoms with Crippen LogP contribution >= 0.6 is 62.3 Å². The molecule has 4 heterocycles. The number of benzene rings is 12. The van der Waals surface area contributed by atoms with Crippen LogP contribution in [0.1, 0.15) is 150 Å². The molecule has 726 valence electrons. The minimum Gasteiger partial charge on any atom is -0.465 e. The Labute approximate surface area is 923 Å². The van der Waals surface area contributed by atoms with Crippen molar-refractivity contribution >= 4 is 160 Å². The number of ether oxygens (including phenoxy) is 5. The van der Waals surface area contributed by atoms with Crippen LogP contribution in [-0.2, 0) is 23.7 Å². The maximum Gasteiger partial charge on any atom is 0.408 e. The fourth-order valence-electron chi connectivity index (χ4n) is 14.8. The second-order valence-corrected chi connectivity index (χ2v) is 34.3. The van der Waals surface area contributed by atoms with Crippen molar-refractivity contribution in [3.05, 3.63) is 350 Å². The summed E-state index contributed by atoms with van der Waals surface area (Å²) in [6, 6.07) is 56.9. The fourth-order valence-corrected chi connectivity index (χ4v) is 16.4. The molecule has 16 rings (SSSR count). The van der Waals surface area contributed by atoms with Crippen LogP contribution in [0.5, 0.6) is 0 Å². The molecule has 25 nitrogen and oxygen atoms in total. The van der Waals surface area contributed by atoms with Gasteiger partial charge in [-0.25, -0.2) is 41.5 Å². The van der Waals surface area contributed by atoms with Crippen molar-refractivity contribution in [3.63, 3.8) is 0 Å². The molecule has 0 saturated carbocycles. The summed E-state index contributed by atoms with van der Waals surface area (Å²) in [5, 5.41) is 23.7. The number of nitrogens with one attached hydrogen (secondary N) is 1. The van der Waals surface area contributed by atoms with Crippen LogP contribution < -0.4 is 16.8 Å². The van der Waals surface area contributed by atoms with E-state index in [0.717, 1.165) is 33.4 Å². The molecule has 0 bridgehead atoms. The Morgan fingerprint density at radius 3 is 0.854 bits per heavy atom. The Kier molecular flexibility index (Phi) is 40.6. The Morgan fingerprint density at radius 1 is 0.368 bits per heavy atom. The summed E-state index contributed by atoms with van der Waals surface area (Å²) in [4.78, 5) is 113. The summed E-state index contributed by atoms with van der Waals surface area (Å²) in [5.74, 6) is 9.99. The summed E-state index contributed by atoms with van der Waals surface area (Å²) in [6.07, 6.45) is -0.592. The topological polar surface area (TPSA) is 335 Å². The van der Waals surface area contributed by atoms with Gasteiger partial charge in [-0.15, -0.1) is 0 Å². The third kappa shape index (κ3) is 25.9. The number of nitrogens with two attached hydrogens (primary N) is 2. The maximum atomic E-state index is 15.2. The van der Waals surface area contributed by atoms with Gasteiger partial charge in [0.25, 0.3) is 23.6 Å². The summed E-state index contributed by atoms with van der Waals surface area (Å²) in [5.41, 5.74) is 19.4. The van der Waals surface area contributed by atoms with Gasteiger partial charge < -0.3 is 40.5 Å². The predicted octanol–water partition coefficient (Wildman–Crippen LogP) is 22.0. The summed E-state index contributed by atoms with van der Waals surface area (Å²) >= 11 is 28.8. The van der Waals surface area contributed by atoms with Gasteiger partial charge in [0.2, 0.25) is 0 Å². The third-order valence-electron chi connectivity index (χ3n) is 21.4. The summed E-state index contributed by atoms with van der Waals surface area (Å²) < 4.78 is 89.6. The number of hydrogen-bond acceptors (Lipinski definition) is 20. The van der Waals surface area contributed by atoms with Gasteiger partial charge in [-0.3, -0.25) is 19.2 Å². The first-order valence-electron chi connectivity index (χ1n) is 42.2. The number of fused-ring (bicyclic) bond motifs is 4. The molecular formula is C107H84BrCl4F4N11O14U3. The quantitative estimate of drug-likeness (QED) is 0.0418. The van der Waals surface area contributed by atoms with Gasteiger partial charge in [0, 0.05) is 158 Å². The first kappa shape index (κ1) is 115. The van der Waals surface area contributed by atoms with Crippen LogP contribution in [-0.4, -0.2) is 146 Å². The molecule has 0 radical (unpaired) electrons. The van der Waals surface area contributed by atoms with Crippen molar-refractivity contribution in [2.75, 3.05) is 48.1 Å². The average molecular weight is 2760 g/mol. The molecule has 1 amide bonds. The first-order valence-corrected chi connectivity index (χ1v) is 44.5. The van der Waals surface area contributed by atoms with E-state index in [0.29, 0.717) is 104 Å². The monoisotopic (exact) mass is 2760 g/mol. The number of aryl methyl sites for hydroxylation is 4.